The number of nitrogens with one attached hydrogen (secondary N) is 3. The van der Waals surface area contributed by atoms with Crippen LogP contribution in [0.25, 0.3) is 0 Å². The lowest BCUT2D eigenvalue weighted by atomic mass is 10.1. The zero-order valence-electron chi connectivity index (χ0n) is 9.99. The van der Waals surface area contributed by atoms with Crippen molar-refractivity contribution in [2.45, 2.75) is 26.3 Å². The Morgan fingerprint density at radius 2 is 1.88 bits per heavy atom. The molecule has 0 saturated carbocycles. The van der Waals surface area contributed by atoms with Gasteiger partial charge in [0.05, 0.1) is 6.42 Å². The maximum absolute atomic E-state index is 11.5. The quantitative estimate of drug-likeness (QED) is 0.557. The lowest BCUT2D eigenvalue weighted by Gasteiger charge is -2.13. The van der Waals surface area contributed by atoms with Gasteiger partial charge in [0, 0.05) is 6.04 Å². The average molecular weight is 251 g/mol. The van der Waals surface area contributed by atoms with Crippen LogP contribution in [0.3, 0.4) is 0 Å². The molecule has 0 aliphatic carbocycles. The largest absolute Gasteiger partial charge is 0.359 e. The maximum atomic E-state index is 11.5. The molecule has 0 spiro atoms. The summed E-state index contributed by atoms with van der Waals surface area (Å²) in [5, 5.41) is 3.39. The van der Waals surface area contributed by atoms with E-state index in [0.29, 0.717) is 11.5 Å². The van der Waals surface area contributed by atoms with Gasteiger partial charge in [-0.3, -0.25) is 15.6 Å². The van der Waals surface area contributed by atoms with Crippen molar-refractivity contribution >= 4 is 23.2 Å². The van der Waals surface area contributed by atoms with Gasteiger partial charge < -0.3 is 5.32 Å². The molecule has 5 heteroatoms. The van der Waals surface area contributed by atoms with E-state index in [9.17, 15) is 4.79 Å². The molecule has 0 saturated heterocycles. The number of rotatable bonds is 3. The summed E-state index contributed by atoms with van der Waals surface area (Å²) in [6, 6.07) is 9.78. The van der Waals surface area contributed by atoms with Gasteiger partial charge >= 0.3 is 0 Å². The standard InChI is InChI=1S/C12H17N3OS/c1-9(2)13-12(17)15-14-11(16)8-10-6-4-3-5-7-10/h3-7,9H,8H2,1-2H3,(H,14,16)(H2,13,15,17). The molecule has 1 aromatic carbocycles. The van der Waals surface area contributed by atoms with E-state index >= 15 is 0 Å². The highest BCUT2D eigenvalue weighted by Crippen LogP contribution is 1.98. The van der Waals surface area contributed by atoms with Crippen LogP contribution in [0.15, 0.2) is 30.3 Å². The van der Waals surface area contributed by atoms with Gasteiger partial charge in [-0.25, -0.2) is 0 Å². The Bertz CT molecular complexity index is 379. The first-order valence-corrected chi connectivity index (χ1v) is 5.88. The van der Waals surface area contributed by atoms with Gasteiger partial charge in [0.1, 0.15) is 0 Å². The average Bonchev–Trinajstić information content (AvgIpc) is 2.27. The predicted molar refractivity (Wildman–Crippen MR) is 72.3 cm³/mol. The zero-order valence-corrected chi connectivity index (χ0v) is 10.8. The van der Waals surface area contributed by atoms with Gasteiger partial charge in [-0.2, -0.15) is 0 Å². The lowest BCUT2D eigenvalue weighted by Crippen LogP contribution is -2.48. The molecule has 0 atom stereocenters. The van der Waals surface area contributed by atoms with Crippen molar-refractivity contribution in [1.29, 1.82) is 0 Å². The Labute approximate surface area is 107 Å². The molecule has 4 nitrogen and oxygen atoms in total. The number of benzene rings is 1. The molecule has 1 rings (SSSR count). The number of thiocarbonyl (C=S) groups is 1. The van der Waals surface area contributed by atoms with Gasteiger partial charge in [0.25, 0.3) is 0 Å². The van der Waals surface area contributed by atoms with E-state index in [-0.39, 0.29) is 11.9 Å². The molecule has 0 aliphatic heterocycles. The molecule has 1 aromatic rings. The monoisotopic (exact) mass is 251 g/mol. The maximum Gasteiger partial charge on any atom is 0.242 e. The lowest BCUT2D eigenvalue weighted by molar-refractivity contribution is -0.121. The Hall–Kier alpha value is -1.62. The van der Waals surface area contributed by atoms with E-state index in [2.05, 4.69) is 16.2 Å². The van der Waals surface area contributed by atoms with Crippen LogP contribution in [0.1, 0.15) is 19.4 Å². The fraction of sp³-hybridized carbons (Fsp3) is 0.333. The van der Waals surface area contributed by atoms with Crippen molar-refractivity contribution < 1.29 is 4.79 Å². The molecule has 92 valence electrons. The molecule has 3 N–H and O–H groups in total. The molecule has 0 aliphatic rings. The third-order valence-electron chi connectivity index (χ3n) is 1.94. The summed E-state index contributed by atoms with van der Waals surface area (Å²) in [5.74, 6) is -0.121. The number of hydrogen-bond acceptors (Lipinski definition) is 2. The first kappa shape index (κ1) is 13.4. The Balaban J connectivity index is 2.29. The number of hydrogen-bond donors (Lipinski definition) is 3. The molecular formula is C12H17N3OS. The summed E-state index contributed by atoms with van der Waals surface area (Å²) < 4.78 is 0. The normalized spacial score (nSPS) is 9.82. The molecule has 17 heavy (non-hydrogen) atoms. The first-order valence-electron chi connectivity index (χ1n) is 5.47. The van der Waals surface area contributed by atoms with E-state index in [1.807, 2.05) is 44.2 Å². The molecule has 0 heterocycles. The van der Waals surface area contributed by atoms with Crippen LogP contribution in [0.4, 0.5) is 0 Å². The summed E-state index contributed by atoms with van der Waals surface area (Å²) in [6.45, 7) is 3.94. The van der Waals surface area contributed by atoms with Gasteiger partial charge in [0.2, 0.25) is 5.91 Å². The van der Waals surface area contributed by atoms with Gasteiger partial charge in [0.15, 0.2) is 5.11 Å². The third-order valence-corrected chi connectivity index (χ3v) is 2.16. The Morgan fingerprint density at radius 3 is 2.47 bits per heavy atom. The van der Waals surface area contributed by atoms with Crippen LogP contribution in [0.2, 0.25) is 0 Å². The van der Waals surface area contributed by atoms with E-state index in [0.717, 1.165) is 5.56 Å². The summed E-state index contributed by atoms with van der Waals surface area (Å²) in [6.07, 6.45) is 0.331. The Morgan fingerprint density at radius 1 is 1.24 bits per heavy atom. The summed E-state index contributed by atoms with van der Waals surface area (Å²) in [5.41, 5.74) is 6.17. The minimum Gasteiger partial charge on any atom is -0.359 e. The first-order chi connectivity index (χ1) is 8.08. The van der Waals surface area contributed by atoms with E-state index in [1.54, 1.807) is 0 Å². The third kappa shape index (κ3) is 5.87. The highest BCUT2D eigenvalue weighted by atomic mass is 32.1. The van der Waals surface area contributed by atoms with Crippen LogP contribution in [-0.2, 0) is 11.2 Å². The molecule has 0 radical (unpaired) electrons. The number of amides is 1. The minimum atomic E-state index is -0.121. The molecule has 0 fully saturated rings. The van der Waals surface area contributed by atoms with Crippen molar-refractivity contribution in [3.05, 3.63) is 35.9 Å². The second kappa shape index (κ2) is 6.85. The smallest absolute Gasteiger partial charge is 0.242 e. The molecular weight excluding hydrogens is 234 g/mol. The SMILES string of the molecule is CC(C)NC(=S)NNC(=O)Cc1ccccc1. The molecule has 0 bridgehead atoms. The van der Waals surface area contributed by atoms with Crippen molar-refractivity contribution in [3.8, 4) is 0 Å². The van der Waals surface area contributed by atoms with Crippen molar-refractivity contribution in [3.63, 3.8) is 0 Å². The van der Waals surface area contributed by atoms with E-state index in [1.165, 1.54) is 0 Å². The molecule has 0 unspecified atom stereocenters. The van der Waals surface area contributed by atoms with Gasteiger partial charge in [-0.1, -0.05) is 30.3 Å². The number of carbonyl (C=O) groups excluding carboxylic acids is 1. The van der Waals surface area contributed by atoms with E-state index < -0.39 is 0 Å². The second-order valence-electron chi connectivity index (χ2n) is 3.96. The van der Waals surface area contributed by atoms with Crippen LogP contribution in [0, 0.1) is 0 Å². The van der Waals surface area contributed by atoms with Crippen LogP contribution >= 0.6 is 12.2 Å². The van der Waals surface area contributed by atoms with Crippen LogP contribution in [0.5, 0.6) is 0 Å². The fourth-order valence-corrected chi connectivity index (χ4v) is 1.54. The van der Waals surface area contributed by atoms with Crippen molar-refractivity contribution in [2.75, 3.05) is 0 Å². The summed E-state index contributed by atoms with van der Waals surface area (Å²) >= 11 is 4.98. The Kier molecular flexibility index (Phi) is 5.42. The number of carbonyl (C=O) groups is 1. The fourth-order valence-electron chi connectivity index (χ4n) is 1.25. The summed E-state index contributed by atoms with van der Waals surface area (Å²) in [4.78, 5) is 11.5. The van der Waals surface area contributed by atoms with Crippen LogP contribution < -0.4 is 16.2 Å². The van der Waals surface area contributed by atoms with Crippen molar-refractivity contribution in [2.24, 2.45) is 0 Å². The summed E-state index contributed by atoms with van der Waals surface area (Å²) in [7, 11) is 0. The number of hydrazine groups is 1. The molecule has 1 amide bonds. The van der Waals surface area contributed by atoms with Gasteiger partial charge in [-0.15, -0.1) is 0 Å². The predicted octanol–water partition coefficient (Wildman–Crippen LogP) is 1.13. The zero-order chi connectivity index (χ0) is 12.7. The second-order valence-corrected chi connectivity index (χ2v) is 4.37. The topological polar surface area (TPSA) is 53.2 Å². The minimum absolute atomic E-state index is 0.121. The highest BCUT2D eigenvalue weighted by molar-refractivity contribution is 7.80. The molecule has 0 aromatic heterocycles. The van der Waals surface area contributed by atoms with E-state index in [4.69, 9.17) is 12.2 Å². The van der Waals surface area contributed by atoms with Gasteiger partial charge in [-0.05, 0) is 31.6 Å². The van der Waals surface area contributed by atoms with Crippen molar-refractivity contribution in [1.82, 2.24) is 16.2 Å². The van der Waals surface area contributed by atoms with Crippen LogP contribution in [-0.4, -0.2) is 17.1 Å². The highest BCUT2D eigenvalue weighted by Gasteiger charge is 2.03.